The predicted molar refractivity (Wildman–Crippen MR) is 70.2 cm³/mol. The Hall–Kier alpha value is -2.01. The number of hydrogen-bond donors (Lipinski definition) is 1. The molecule has 2 aromatic rings. The summed E-state index contributed by atoms with van der Waals surface area (Å²) in [5.74, 6) is 2.82. The lowest BCUT2D eigenvalue weighted by Gasteiger charge is -2.08. The van der Waals surface area contributed by atoms with Gasteiger partial charge in [-0.25, -0.2) is 4.98 Å². The van der Waals surface area contributed by atoms with Gasteiger partial charge in [0.1, 0.15) is 11.5 Å². The van der Waals surface area contributed by atoms with Crippen molar-refractivity contribution in [3.05, 3.63) is 29.9 Å². The van der Waals surface area contributed by atoms with E-state index in [1.165, 1.54) is 0 Å². The van der Waals surface area contributed by atoms with Crippen molar-refractivity contribution >= 4 is 0 Å². The van der Waals surface area contributed by atoms with E-state index in [-0.39, 0.29) is 0 Å². The molecule has 0 fully saturated rings. The maximum Gasteiger partial charge on any atom is 0.191 e. The Bertz CT molecular complexity index is 592. The first-order chi connectivity index (χ1) is 9.28. The van der Waals surface area contributed by atoms with E-state index >= 15 is 0 Å². The zero-order valence-corrected chi connectivity index (χ0v) is 10.8. The maximum absolute atomic E-state index is 5.68. The molecule has 0 amide bonds. The minimum absolute atomic E-state index is 0.324. The number of aryl methyl sites for hydroxylation is 1. The van der Waals surface area contributed by atoms with E-state index in [1.54, 1.807) is 0 Å². The fourth-order valence-corrected chi connectivity index (χ4v) is 2.14. The molecule has 5 heteroatoms. The van der Waals surface area contributed by atoms with Gasteiger partial charge < -0.3 is 19.6 Å². The summed E-state index contributed by atoms with van der Waals surface area (Å²) in [6, 6.07) is 5.78. The van der Waals surface area contributed by atoms with E-state index in [9.17, 15) is 0 Å². The van der Waals surface area contributed by atoms with E-state index in [1.807, 2.05) is 25.1 Å². The monoisotopic (exact) mass is 260 g/mol. The third-order valence-electron chi connectivity index (χ3n) is 3.01. The van der Waals surface area contributed by atoms with Gasteiger partial charge in [0.2, 0.25) is 0 Å². The van der Waals surface area contributed by atoms with Crippen LogP contribution in [0.4, 0.5) is 0 Å². The Morgan fingerprint density at radius 1 is 1.21 bits per heavy atom. The van der Waals surface area contributed by atoms with Gasteiger partial charge in [-0.1, -0.05) is 0 Å². The number of rotatable bonds is 2. The van der Waals surface area contributed by atoms with E-state index in [0.29, 0.717) is 31.4 Å². The highest BCUT2D eigenvalue weighted by Crippen LogP contribution is 2.35. The van der Waals surface area contributed by atoms with Crippen LogP contribution in [0.25, 0.3) is 11.3 Å². The van der Waals surface area contributed by atoms with Gasteiger partial charge >= 0.3 is 0 Å². The summed E-state index contributed by atoms with van der Waals surface area (Å²) in [5.41, 5.74) is 7.38. The predicted octanol–water partition coefficient (Wildman–Crippen LogP) is 2.27. The van der Waals surface area contributed by atoms with Gasteiger partial charge in [0, 0.05) is 18.9 Å². The molecule has 1 aromatic heterocycles. The van der Waals surface area contributed by atoms with Crippen LogP contribution >= 0.6 is 0 Å². The maximum atomic E-state index is 5.68. The molecule has 5 nitrogen and oxygen atoms in total. The Kier molecular flexibility index (Phi) is 3.13. The van der Waals surface area contributed by atoms with Crippen LogP contribution in [0.1, 0.15) is 18.1 Å². The summed E-state index contributed by atoms with van der Waals surface area (Å²) < 4.78 is 16.8. The molecule has 1 aliphatic heterocycles. The van der Waals surface area contributed by atoms with E-state index in [0.717, 1.165) is 29.2 Å². The highest BCUT2D eigenvalue weighted by Gasteiger charge is 2.16. The summed E-state index contributed by atoms with van der Waals surface area (Å²) in [6.07, 6.45) is 0.890. The van der Waals surface area contributed by atoms with Crippen molar-refractivity contribution in [3.8, 4) is 22.8 Å². The first-order valence-electron chi connectivity index (χ1n) is 6.34. The van der Waals surface area contributed by atoms with Gasteiger partial charge in [-0.2, -0.15) is 0 Å². The molecule has 0 bridgehead atoms. The third-order valence-corrected chi connectivity index (χ3v) is 3.01. The van der Waals surface area contributed by atoms with Crippen molar-refractivity contribution in [2.75, 3.05) is 13.2 Å². The molecule has 1 aliphatic rings. The lowest BCUT2D eigenvalue weighted by atomic mass is 10.1. The number of nitrogens with zero attached hydrogens (tertiary/aromatic N) is 1. The van der Waals surface area contributed by atoms with E-state index in [2.05, 4.69) is 4.98 Å². The Morgan fingerprint density at radius 3 is 2.79 bits per heavy atom. The second-order valence-corrected chi connectivity index (χ2v) is 4.42. The van der Waals surface area contributed by atoms with E-state index < -0.39 is 0 Å². The number of ether oxygens (including phenoxy) is 2. The second kappa shape index (κ2) is 4.93. The van der Waals surface area contributed by atoms with Crippen LogP contribution in [-0.4, -0.2) is 18.2 Å². The summed E-state index contributed by atoms with van der Waals surface area (Å²) in [7, 11) is 0. The zero-order valence-electron chi connectivity index (χ0n) is 10.8. The van der Waals surface area contributed by atoms with Gasteiger partial charge in [-0.3, -0.25) is 0 Å². The summed E-state index contributed by atoms with van der Waals surface area (Å²) in [4.78, 5) is 4.38. The Morgan fingerprint density at radius 2 is 2.00 bits per heavy atom. The molecule has 0 aliphatic carbocycles. The number of aromatic nitrogens is 1. The lowest BCUT2D eigenvalue weighted by Crippen LogP contribution is -1.97. The molecule has 3 rings (SSSR count). The lowest BCUT2D eigenvalue weighted by molar-refractivity contribution is 0.297. The van der Waals surface area contributed by atoms with Crippen molar-refractivity contribution in [1.29, 1.82) is 0 Å². The number of nitrogens with two attached hydrogens (primary N) is 1. The fraction of sp³-hybridized carbons (Fsp3) is 0.357. The molecule has 0 atom stereocenters. The second-order valence-electron chi connectivity index (χ2n) is 4.42. The van der Waals surface area contributed by atoms with Crippen molar-refractivity contribution in [1.82, 2.24) is 4.98 Å². The molecule has 100 valence electrons. The van der Waals surface area contributed by atoms with Crippen molar-refractivity contribution in [2.24, 2.45) is 5.73 Å². The smallest absolute Gasteiger partial charge is 0.191 e. The third kappa shape index (κ3) is 2.29. The fourth-order valence-electron chi connectivity index (χ4n) is 2.14. The minimum Gasteiger partial charge on any atom is -0.490 e. The molecular formula is C14H16N2O3. The number of oxazole rings is 1. The quantitative estimate of drug-likeness (QED) is 0.896. The Balaban J connectivity index is 2.03. The minimum atomic E-state index is 0.324. The SMILES string of the molecule is Cc1nc(-c2ccc3c(c2)OCCCO3)c(CN)o1. The zero-order chi connectivity index (χ0) is 13.2. The number of benzene rings is 1. The molecule has 1 aromatic carbocycles. The van der Waals surface area contributed by atoms with E-state index in [4.69, 9.17) is 19.6 Å². The van der Waals surface area contributed by atoms with Crippen molar-refractivity contribution in [3.63, 3.8) is 0 Å². The van der Waals surface area contributed by atoms with Crippen LogP contribution < -0.4 is 15.2 Å². The molecule has 19 heavy (non-hydrogen) atoms. The summed E-state index contributed by atoms with van der Waals surface area (Å²) >= 11 is 0. The molecule has 0 unspecified atom stereocenters. The first-order valence-corrected chi connectivity index (χ1v) is 6.34. The average molecular weight is 260 g/mol. The van der Waals surface area contributed by atoms with Crippen LogP contribution in [0.15, 0.2) is 22.6 Å². The molecule has 2 heterocycles. The van der Waals surface area contributed by atoms with Gasteiger partial charge in [0.15, 0.2) is 17.4 Å². The van der Waals surface area contributed by atoms with Crippen LogP contribution in [0.2, 0.25) is 0 Å². The number of fused-ring (bicyclic) bond motifs is 1. The average Bonchev–Trinajstić information content (AvgIpc) is 2.66. The largest absolute Gasteiger partial charge is 0.490 e. The molecular weight excluding hydrogens is 244 g/mol. The Labute approximate surface area is 111 Å². The van der Waals surface area contributed by atoms with Crippen molar-refractivity contribution in [2.45, 2.75) is 19.9 Å². The summed E-state index contributed by atoms with van der Waals surface area (Å²) in [6.45, 7) is 3.48. The normalized spacial score (nSPS) is 14.2. The molecule has 0 saturated heterocycles. The highest BCUT2D eigenvalue weighted by molar-refractivity contribution is 5.65. The van der Waals surface area contributed by atoms with Gasteiger partial charge in [0.25, 0.3) is 0 Å². The van der Waals surface area contributed by atoms with Gasteiger partial charge in [-0.15, -0.1) is 0 Å². The summed E-state index contributed by atoms with van der Waals surface area (Å²) in [5, 5.41) is 0. The van der Waals surface area contributed by atoms with Gasteiger partial charge in [0.05, 0.1) is 19.8 Å². The standard InChI is InChI=1S/C14H16N2O3/c1-9-16-14(13(8-15)19-9)10-3-4-11-12(7-10)18-6-2-5-17-11/h3-4,7H,2,5-6,8,15H2,1H3. The first kappa shape index (κ1) is 12.0. The van der Waals surface area contributed by atoms with Gasteiger partial charge in [-0.05, 0) is 18.2 Å². The molecule has 0 spiro atoms. The molecule has 0 saturated carbocycles. The highest BCUT2D eigenvalue weighted by atomic mass is 16.5. The van der Waals surface area contributed by atoms with Crippen LogP contribution in [0.5, 0.6) is 11.5 Å². The number of hydrogen-bond acceptors (Lipinski definition) is 5. The van der Waals surface area contributed by atoms with Crippen molar-refractivity contribution < 1.29 is 13.9 Å². The van der Waals surface area contributed by atoms with Crippen LogP contribution in [0, 0.1) is 6.92 Å². The topological polar surface area (TPSA) is 70.5 Å². The van der Waals surface area contributed by atoms with Crippen LogP contribution in [-0.2, 0) is 6.54 Å². The molecule has 0 radical (unpaired) electrons. The molecule has 2 N–H and O–H groups in total. The van der Waals surface area contributed by atoms with Crippen LogP contribution in [0.3, 0.4) is 0 Å².